The molecule has 0 aromatic heterocycles. The van der Waals surface area contributed by atoms with Gasteiger partial charge in [0.25, 0.3) is 11.6 Å². The van der Waals surface area contributed by atoms with E-state index in [0.29, 0.717) is 10.7 Å². The molecule has 0 spiro atoms. The number of nitrogens with zero attached hydrogens (tertiary/aromatic N) is 1. The number of nitrogens with one attached hydrogen (secondary N) is 1. The van der Waals surface area contributed by atoms with Crippen molar-refractivity contribution >= 4 is 28.9 Å². The summed E-state index contributed by atoms with van der Waals surface area (Å²) in [6.07, 6.45) is 0. The lowest BCUT2D eigenvalue weighted by atomic mass is 10.0. The van der Waals surface area contributed by atoms with Crippen LogP contribution in [0.3, 0.4) is 0 Å². The molecular formula is C19H13ClN2O4. The van der Waals surface area contributed by atoms with Crippen molar-refractivity contribution < 1.29 is 14.8 Å². The van der Waals surface area contributed by atoms with E-state index in [1.54, 1.807) is 36.4 Å². The highest BCUT2D eigenvalue weighted by atomic mass is 35.5. The smallest absolute Gasteiger partial charge is 0.269 e. The van der Waals surface area contributed by atoms with E-state index in [4.69, 9.17) is 11.6 Å². The lowest BCUT2D eigenvalue weighted by Crippen LogP contribution is -2.12. The molecule has 3 rings (SSSR count). The van der Waals surface area contributed by atoms with Gasteiger partial charge in [-0.15, -0.1) is 0 Å². The third-order valence-electron chi connectivity index (χ3n) is 3.76. The van der Waals surface area contributed by atoms with Gasteiger partial charge in [0.15, 0.2) is 0 Å². The maximum absolute atomic E-state index is 12.2. The van der Waals surface area contributed by atoms with Gasteiger partial charge in [-0.05, 0) is 53.6 Å². The molecule has 3 aromatic rings. The van der Waals surface area contributed by atoms with Crippen LogP contribution < -0.4 is 5.32 Å². The second kappa shape index (κ2) is 7.25. The molecule has 6 nitrogen and oxygen atoms in total. The Hall–Kier alpha value is -3.38. The number of benzene rings is 3. The largest absolute Gasteiger partial charge is 0.507 e. The summed E-state index contributed by atoms with van der Waals surface area (Å²) < 4.78 is 0. The van der Waals surface area contributed by atoms with Gasteiger partial charge in [0.05, 0.1) is 10.5 Å². The number of aromatic hydroxyl groups is 1. The number of carbonyl (C=O) groups is 1. The highest BCUT2D eigenvalue weighted by Gasteiger charge is 2.12. The van der Waals surface area contributed by atoms with Crippen LogP contribution in [0.2, 0.25) is 5.02 Å². The van der Waals surface area contributed by atoms with Gasteiger partial charge in [0.1, 0.15) is 5.75 Å². The van der Waals surface area contributed by atoms with E-state index in [1.165, 1.54) is 30.3 Å². The Morgan fingerprint density at radius 1 is 0.962 bits per heavy atom. The minimum absolute atomic E-state index is 0.0268. The summed E-state index contributed by atoms with van der Waals surface area (Å²) >= 11 is 5.85. The van der Waals surface area contributed by atoms with Crippen molar-refractivity contribution in [1.29, 1.82) is 0 Å². The number of carbonyl (C=O) groups excluding carboxylic acids is 1. The molecule has 1 amide bonds. The van der Waals surface area contributed by atoms with E-state index in [0.717, 1.165) is 11.1 Å². The SMILES string of the molecule is O=C(Nc1ccc(-c2ccc([N+](=O)[O-])cc2)cc1)c1cc(Cl)ccc1O. The van der Waals surface area contributed by atoms with Crippen LogP contribution in [0, 0.1) is 10.1 Å². The van der Waals surface area contributed by atoms with Gasteiger partial charge in [0, 0.05) is 22.8 Å². The van der Waals surface area contributed by atoms with Crippen LogP contribution in [0.5, 0.6) is 5.75 Å². The van der Waals surface area contributed by atoms with Gasteiger partial charge < -0.3 is 10.4 Å². The first-order valence-corrected chi connectivity index (χ1v) is 7.96. The maximum atomic E-state index is 12.2. The Bertz CT molecular complexity index is 970. The zero-order chi connectivity index (χ0) is 18.7. The summed E-state index contributed by atoms with van der Waals surface area (Å²) in [5.74, 6) is -0.637. The van der Waals surface area contributed by atoms with Gasteiger partial charge in [0.2, 0.25) is 0 Å². The molecule has 0 atom stereocenters. The summed E-state index contributed by atoms with van der Waals surface area (Å²) in [4.78, 5) is 22.5. The average molecular weight is 369 g/mol. The Morgan fingerprint density at radius 3 is 2.12 bits per heavy atom. The van der Waals surface area contributed by atoms with E-state index in [9.17, 15) is 20.0 Å². The predicted octanol–water partition coefficient (Wildman–Crippen LogP) is 4.87. The minimum Gasteiger partial charge on any atom is -0.507 e. The van der Waals surface area contributed by atoms with Crippen LogP contribution in [-0.2, 0) is 0 Å². The van der Waals surface area contributed by atoms with Crippen molar-refractivity contribution in [2.24, 2.45) is 0 Å². The molecule has 7 heteroatoms. The summed E-state index contributed by atoms with van der Waals surface area (Å²) in [7, 11) is 0. The molecule has 0 saturated heterocycles. The number of nitro benzene ring substituents is 1. The lowest BCUT2D eigenvalue weighted by Gasteiger charge is -2.08. The summed E-state index contributed by atoms with van der Waals surface area (Å²) in [6, 6.07) is 17.4. The third kappa shape index (κ3) is 3.81. The first-order valence-electron chi connectivity index (χ1n) is 7.59. The molecule has 0 fully saturated rings. The number of rotatable bonds is 4. The number of phenolic OH excluding ortho intramolecular Hbond substituents is 1. The zero-order valence-corrected chi connectivity index (χ0v) is 14.1. The highest BCUT2D eigenvalue weighted by molar-refractivity contribution is 6.31. The van der Waals surface area contributed by atoms with Crippen LogP contribution in [-0.4, -0.2) is 15.9 Å². The van der Waals surface area contributed by atoms with Crippen molar-refractivity contribution in [1.82, 2.24) is 0 Å². The van der Waals surface area contributed by atoms with Crippen LogP contribution in [0.1, 0.15) is 10.4 Å². The molecule has 0 bridgehead atoms. The highest BCUT2D eigenvalue weighted by Crippen LogP contribution is 2.25. The second-order valence-electron chi connectivity index (χ2n) is 5.50. The number of halogens is 1. The molecule has 130 valence electrons. The number of hydrogen-bond donors (Lipinski definition) is 2. The topological polar surface area (TPSA) is 92.5 Å². The Labute approximate surface area is 153 Å². The molecule has 0 heterocycles. The van der Waals surface area contributed by atoms with E-state index < -0.39 is 10.8 Å². The fraction of sp³-hybridized carbons (Fsp3) is 0. The molecule has 0 saturated carbocycles. The van der Waals surface area contributed by atoms with Gasteiger partial charge in [-0.2, -0.15) is 0 Å². The van der Waals surface area contributed by atoms with E-state index in [2.05, 4.69) is 5.32 Å². The van der Waals surface area contributed by atoms with Crippen molar-refractivity contribution in [2.75, 3.05) is 5.32 Å². The van der Waals surface area contributed by atoms with Crippen LogP contribution in [0.15, 0.2) is 66.7 Å². The van der Waals surface area contributed by atoms with Crippen molar-refractivity contribution in [3.05, 3.63) is 87.4 Å². The predicted molar refractivity (Wildman–Crippen MR) is 99.6 cm³/mol. The molecule has 26 heavy (non-hydrogen) atoms. The number of phenols is 1. The van der Waals surface area contributed by atoms with Gasteiger partial charge >= 0.3 is 0 Å². The van der Waals surface area contributed by atoms with E-state index in [-0.39, 0.29) is 17.0 Å². The molecule has 0 radical (unpaired) electrons. The Morgan fingerprint density at radius 2 is 1.54 bits per heavy atom. The molecule has 0 aliphatic rings. The monoisotopic (exact) mass is 368 g/mol. The maximum Gasteiger partial charge on any atom is 0.269 e. The number of amides is 1. The number of hydrogen-bond acceptors (Lipinski definition) is 4. The Kier molecular flexibility index (Phi) is 4.86. The summed E-state index contributed by atoms with van der Waals surface area (Å²) in [5, 5.41) is 23.5. The first-order chi connectivity index (χ1) is 12.4. The molecule has 2 N–H and O–H groups in total. The van der Waals surface area contributed by atoms with Gasteiger partial charge in [-0.25, -0.2) is 0 Å². The fourth-order valence-corrected chi connectivity index (χ4v) is 2.58. The molecule has 3 aromatic carbocycles. The number of non-ortho nitro benzene ring substituents is 1. The zero-order valence-electron chi connectivity index (χ0n) is 13.3. The number of anilines is 1. The molecule has 0 aliphatic heterocycles. The molecule has 0 unspecified atom stereocenters. The second-order valence-corrected chi connectivity index (χ2v) is 5.93. The molecular weight excluding hydrogens is 356 g/mol. The quantitative estimate of drug-likeness (QED) is 0.507. The van der Waals surface area contributed by atoms with Crippen molar-refractivity contribution in [2.45, 2.75) is 0 Å². The molecule has 0 aliphatic carbocycles. The summed E-state index contributed by atoms with van der Waals surface area (Å²) in [6.45, 7) is 0. The van der Waals surface area contributed by atoms with Crippen molar-refractivity contribution in [3.8, 4) is 16.9 Å². The van der Waals surface area contributed by atoms with Crippen LogP contribution in [0.25, 0.3) is 11.1 Å². The van der Waals surface area contributed by atoms with E-state index >= 15 is 0 Å². The Balaban J connectivity index is 1.76. The lowest BCUT2D eigenvalue weighted by molar-refractivity contribution is -0.384. The van der Waals surface area contributed by atoms with Gasteiger partial charge in [-0.3, -0.25) is 14.9 Å². The summed E-state index contributed by atoms with van der Waals surface area (Å²) in [5.41, 5.74) is 2.32. The minimum atomic E-state index is -0.479. The fourth-order valence-electron chi connectivity index (χ4n) is 2.41. The normalized spacial score (nSPS) is 10.3. The van der Waals surface area contributed by atoms with Crippen molar-refractivity contribution in [3.63, 3.8) is 0 Å². The average Bonchev–Trinajstić information content (AvgIpc) is 2.64. The standard InChI is InChI=1S/C19H13ClN2O4/c20-14-5-10-18(23)17(11-14)19(24)21-15-6-1-12(2-7-15)13-3-8-16(9-4-13)22(25)26/h1-11,23H,(H,21,24). The van der Waals surface area contributed by atoms with Crippen LogP contribution >= 0.6 is 11.6 Å². The van der Waals surface area contributed by atoms with Crippen LogP contribution in [0.4, 0.5) is 11.4 Å². The number of nitro groups is 1. The third-order valence-corrected chi connectivity index (χ3v) is 3.99. The van der Waals surface area contributed by atoms with E-state index in [1.807, 2.05) is 0 Å². The first kappa shape index (κ1) is 17.4. The van der Waals surface area contributed by atoms with Gasteiger partial charge in [-0.1, -0.05) is 23.7 Å².